The van der Waals surface area contributed by atoms with Gasteiger partial charge in [0.25, 0.3) is 0 Å². The molecule has 0 bridgehead atoms. The van der Waals surface area contributed by atoms with Crippen LogP contribution in [0.5, 0.6) is 0 Å². The first kappa shape index (κ1) is 16.4. The molecule has 1 amide bonds. The van der Waals surface area contributed by atoms with Crippen LogP contribution in [0.4, 0.5) is 10.1 Å². The Kier molecular flexibility index (Phi) is 6.23. The highest BCUT2D eigenvalue weighted by Gasteiger charge is 2.32. The van der Waals surface area contributed by atoms with Crippen molar-refractivity contribution >= 4 is 39.9 Å². The molecule has 2 atom stereocenters. The Labute approximate surface area is 126 Å². The van der Waals surface area contributed by atoms with Crippen LogP contribution in [0.3, 0.4) is 0 Å². The predicted molar refractivity (Wildman–Crippen MR) is 79.9 cm³/mol. The van der Waals surface area contributed by atoms with Gasteiger partial charge in [0.15, 0.2) is 0 Å². The van der Waals surface area contributed by atoms with E-state index in [1.54, 1.807) is 12.1 Å². The maximum Gasteiger partial charge on any atom is 0.227 e. The lowest BCUT2D eigenvalue weighted by molar-refractivity contribution is -0.120. The Balaban J connectivity index is 0.00000180. The Morgan fingerprint density at radius 1 is 1.47 bits per heavy atom. The van der Waals surface area contributed by atoms with Crippen molar-refractivity contribution in [1.29, 1.82) is 0 Å². The molecule has 0 aliphatic heterocycles. The summed E-state index contributed by atoms with van der Waals surface area (Å²) < 4.78 is 14.3. The lowest BCUT2D eigenvalue weighted by atomic mass is 9.95. The Morgan fingerprint density at radius 3 is 2.89 bits per heavy atom. The summed E-state index contributed by atoms with van der Waals surface area (Å²) in [5.41, 5.74) is 5.87. The molecule has 2 rings (SSSR count). The van der Waals surface area contributed by atoms with Gasteiger partial charge in [0.1, 0.15) is 5.82 Å². The number of nitrogens with two attached hydrogens (primary N) is 1. The van der Waals surface area contributed by atoms with Crippen LogP contribution in [-0.4, -0.2) is 12.5 Å². The molecule has 1 aromatic carbocycles. The summed E-state index contributed by atoms with van der Waals surface area (Å²) in [6.07, 6.45) is 2.83. The summed E-state index contributed by atoms with van der Waals surface area (Å²) in [6.45, 7) is 0.513. The fourth-order valence-corrected chi connectivity index (χ4v) is 2.84. The third kappa shape index (κ3) is 3.91. The molecule has 19 heavy (non-hydrogen) atoms. The second-order valence-corrected chi connectivity index (χ2v) is 5.56. The highest BCUT2D eigenvalue weighted by atomic mass is 79.9. The van der Waals surface area contributed by atoms with E-state index in [1.807, 2.05) is 0 Å². The second-order valence-electron chi connectivity index (χ2n) is 4.65. The molecule has 1 saturated carbocycles. The molecule has 0 radical (unpaired) electrons. The summed E-state index contributed by atoms with van der Waals surface area (Å²) in [4.78, 5) is 12.1. The van der Waals surface area contributed by atoms with Crippen molar-refractivity contribution in [2.45, 2.75) is 19.3 Å². The molecular formula is C13H17BrClFN2O. The standard InChI is InChI=1S/C13H16BrFN2O.ClH/c14-9-4-5-11(15)12(6-9)17-13(18)10-3-1-2-8(10)7-16;/h4-6,8,10H,1-3,7,16H2,(H,17,18);1H/t8-,10-;/m1./s1. The van der Waals surface area contributed by atoms with Gasteiger partial charge in [-0.1, -0.05) is 22.4 Å². The molecular weight excluding hydrogens is 335 g/mol. The average Bonchev–Trinajstić information content (AvgIpc) is 2.82. The Morgan fingerprint density at radius 2 is 2.21 bits per heavy atom. The molecule has 0 saturated heterocycles. The van der Waals surface area contributed by atoms with E-state index in [2.05, 4.69) is 21.2 Å². The summed E-state index contributed by atoms with van der Waals surface area (Å²) in [5, 5.41) is 2.66. The zero-order valence-electron chi connectivity index (χ0n) is 10.4. The number of anilines is 1. The molecule has 0 aromatic heterocycles. The molecule has 0 unspecified atom stereocenters. The molecule has 1 aliphatic rings. The first-order chi connectivity index (χ1) is 8.61. The fraction of sp³-hybridized carbons (Fsp3) is 0.462. The first-order valence-electron chi connectivity index (χ1n) is 6.08. The van der Waals surface area contributed by atoms with Crippen LogP contribution >= 0.6 is 28.3 Å². The van der Waals surface area contributed by atoms with E-state index in [0.717, 1.165) is 23.7 Å². The minimum atomic E-state index is -0.422. The maximum absolute atomic E-state index is 13.5. The van der Waals surface area contributed by atoms with Crippen LogP contribution in [0.1, 0.15) is 19.3 Å². The van der Waals surface area contributed by atoms with Crippen LogP contribution in [0.2, 0.25) is 0 Å². The highest BCUT2D eigenvalue weighted by molar-refractivity contribution is 9.10. The summed E-state index contributed by atoms with van der Waals surface area (Å²) in [7, 11) is 0. The van der Waals surface area contributed by atoms with Crippen molar-refractivity contribution in [2.24, 2.45) is 17.6 Å². The lowest BCUT2D eigenvalue weighted by Crippen LogP contribution is -2.30. The maximum atomic E-state index is 13.5. The van der Waals surface area contributed by atoms with Crippen LogP contribution in [0.25, 0.3) is 0 Å². The van der Waals surface area contributed by atoms with Crippen molar-refractivity contribution in [3.8, 4) is 0 Å². The predicted octanol–water partition coefficient (Wildman–Crippen LogP) is 3.32. The molecule has 3 nitrogen and oxygen atoms in total. The third-order valence-electron chi connectivity index (χ3n) is 3.48. The highest BCUT2D eigenvalue weighted by Crippen LogP contribution is 2.32. The Hall–Kier alpha value is -0.650. The molecule has 0 heterocycles. The van der Waals surface area contributed by atoms with Gasteiger partial charge in [0.05, 0.1) is 5.69 Å². The topological polar surface area (TPSA) is 55.1 Å². The van der Waals surface area contributed by atoms with Gasteiger partial charge in [-0.05, 0) is 43.5 Å². The molecule has 106 valence electrons. The summed E-state index contributed by atoms with van der Waals surface area (Å²) >= 11 is 3.26. The van der Waals surface area contributed by atoms with E-state index in [9.17, 15) is 9.18 Å². The number of hydrogen-bond acceptors (Lipinski definition) is 2. The van der Waals surface area contributed by atoms with E-state index >= 15 is 0 Å². The van der Waals surface area contributed by atoms with E-state index in [4.69, 9.17) is 5.73 Å². The smallest absolute Gasteiger partial charge is 0.227 e. The molecule has 1 fully saturated rings. The average molecular weight is 352 g/mol. The van der Waals surface area contributed by atoms with Gasteiger partial charge in [-0.15, -0.1) is 12.4 Å². The molecule has 1 aliphatic carbocycles. The number of nitrogens with one attached hydrogen (secondary N) is 1. The van der Waals surface area contributed by atoms with Crippen molar-refractivity contribution < 1.29 is 9.18 Å². The monoisotopic (exact) mass is 350 g/mol. The van der Waals surface area contributed by atoms with E-state index in [-0.39, 0.29) is 35.8 Å². The fourth-order valence-electron chi connectivity index (χ4n) is 2.48. The van der Waals surface area contributed by atoms with Crippen LogP contribution in [0, 0.1) is 17.7 Å². The van der Waals surface area contributed by atoms with Gasteiger partial charge >= 0.3 is 0 Å². The quantitative estimate of drug-likeness (QED) is 0.877. The molecule has 1 aromatic rings. The number of rotatable bonds is 3. The van der Waals surface area contributed by atoms with Crippen LogP contribution < -0.4 is 11.1 Å². The minimum Gasteiger partial charge on any atom is -0.330 e. The zero-order valence-corrected chi connectivity index (χ0v) is 12.8. The van der Waals surface area contributed by atoms with E-state index < -0.39 is 5.82 Å². The van der Waals surface area contributed by atoms with E-state index in [0.29, 0.717) is 6.54 Å². The first-order valence-corrected chi connectivity index (χ1v) is 6.87. The SMILES string of the molecule is Cl.NC[C@H]1CCC[C@H]1C(=O)Nc1cc(Br)ccc1F. The van der Waals surface area contributed by atoms with Gasteiger partial charge in [0.2, 0.25) is 5.91 Å². The number of benzene rings is 1. The minimum absolute atomic E-state index is 0. The zero-order chi connectivity index (χ0) is 13.1. The van der Waals surface area contributed by atoms with Crippen molar-refractivity contribution in [2.75, 3.05) is 11.9 Å². The van der Waals surface area contributed by atoms with Gasteiger partial charge in [-0.3, -0.25) is 4.79 Å². The van der Waals surface area contributed by atoms with Gasteiger partial charge < -0.3 is 11.1 Å². The normalized spacial score (nSPS) is 21.8. The van der Waals surface area contributed by atoms with Crippen LogP contribution in [0.15, 0.2) is 22.7 Å². The van der Waals surface area contributed by atoms with Crippen molar-refractivity contribution in [3.63, 3.8) is 0 Å². The number of amides is 1. The lowest BCUT2D eigenvalue weighted by Gasteiger charge is -2.17. The number of carbonyl (C=O) groups excluding carboxylic acids is 1. The number of hydrogen-bond donors (Lipinski definition) is 2. The van der Waals surface area contributed by atoms with Gasteiger partial charge in [0, 0.05) is 10.4 Å². The largest absolute Gasteiger partial charge is 0.330 e. The molecule has 6 heteroatoms. The van der Waals surface area contributed by atoms with Gasteiger partial charge in [-0.25, -0.2) is 4.39 Å². The molecule has 3 N–H and O–H groups in total. The summed E-state index contributed by atoms with van der Waals surface area (Å²) in [6, 6.07) is 4.50. The van der Waals surface area contributed by atoms with E-state index in [1.165, 1.54) is 6.07 Å². The number of carbonyl (C=O) groups is 1. The van der Waals surface area contributed by atoms with Gasteiger partial charge in [-0.2, -0.15) is 0 Å². The third-order valence-corrected chi connectivity index (χ3v) is 3.98. The summed E-state index contributed by atoms with van der Waals surface area (Å²) in [5.74, 6) is -0.414. The van der Waals surface area contributed by atoms with Crippen molar-refractivity contribution in [3.05, 3.63) is 28.5 Å². The van der Waals surface area contributed by atoms with Crippen molar-refractivity contribution in [1.82, 2.24) is 0 Å². The molecule has 0 spiro atoms. The number of halogens is 3. The Bertz CT molecular complexity index is 458. The second kappa shape index (κ2) is 7.22. The van der Waals surface area contributed by atoms with Crippen LogP contribution in [-0.2, 0) is 4.79 Å².